The molecule has 1 aliphatic rings. The second-order valence-electron chi connectivity index (χ2n) is 5.28. The van der Waals surface area contributed by atoms with E-state index in [2.05, 4.69) is 37.0 Å². The molecule has 1 fully saturated rings. The standard InChI is InChI=1S/C16H26N2OS/c1-3-10-19-15-11-12(8-9-13(15)17)18-14-6-5-7-16(14)20-4-2/h8-9,11,14,16,18H,3-7,10,17H2,1-2H3. The zero-order chi connectivity index (χ0) is 14.4. The first-order valence-electron chi connectivity index (χ1n) is 7.65. The van der Waals surface area contributed by atoms with Crippen LogP contribution in [0.1, 0.15) is 39.5 Å². The van der Waals surface area contributed by atoms with Crippen LogP contribution in [-0.2, 0) is 0 Å². The maximum Gasteiger partial charge on any atom is 0.144 e. The van der Waals surface area contributed by atoms with E-state index in [-0.39, 0.29) is 0 Å². The van der Waals surface area contributed by atoms with E-state index >= 15 is 0 Å². The Morgan fingerprint density at radius 3 is 2.95 bits per heavy atom. The predicted molar refractivity (Wildman–Crippen MR) is 89.8 cm³/mol. The number of hydrogen-bond donors (Lipinski definition) is 2. The molecular weight excluding hydrogens is 268 g/mol. The molecule has 4 heteroatoms. The number of thioether (sulfide) groups is 1. The van der Waals surface area contributed by atoms with Gasteiger partial charge in [0.15, 0.2) is 0 Å². The number of hydrogen-bond acceptors (Lipinski definition) is 4. The third kappa shape index (κ3) is 3.98. The normalized spacial score (nSPS) is 21.9. The van der Waals surface area contributed by atoms with E-state index in [1.165, 1.54) is 25.0 Å². The number of benzene rings is 1. The first-order valence-corrected chi connectivity index (χ1v) is 8.70. The highest BCUT2D eigenvalue weighted by Gasteiger charge is 2.27. The zero-order valence-electron chi connectivity index (χ0n) is 12.5. The Morgan fingerprint density at radius 2 is 2.20 bits per heavy atom. The number of nitrogen functional groups attached to an aromatic ring is 1. The van der Waals surface area contributed by atoms with Crippen molar-refractivity contribution in [1.29, 1.82) is 0 Å². The van der Waals surface area contributed by atoms with Gasteiger partial charge in [-0.1, -0.05) is 20.3 Å². The summed E-state index contributed by atoms with van der Waals surface area (Å²) < 4.78 is 5.70. The summed E-state index contributed by atoms with van der Waals surface area (Å²) in [5.74, 6) is 1.99. The van der Waals surface area contributed by atoms with Crippen molar-refractivity contribution < 1.29 is 4.74 Å². The third-order valence-corrected chi connectivity index (χ3v) is 4.99. The molecule has 0 radical (unpaired) electrons. The topological polar surface area (TPSA) is 47.3 Å². The summed E-state index contributed by atoms with van der Waals surface area (Å²) in [7, 11) is 0. The van der Waals surface area contributed by atoms with Gasteiger partial charge in [0.1, 0.15) is 5.75 Å². The first-order chi connectivity index (χ1) is 9.74. The lowest BCUT2D eigenvalue weighted by molar-refractivity contribution is 0.319. The van der Waals surface area contributed by atoms with E-state index < -0.39 is 0 Å². The minimum Gasteiger partial charge on any atom is -0.491 e. The molecular formula is C16H26N2OS. The van der Waals surface area contributed by atoms with Crippen LogP contribution in [0.5, 0.6) is 5.75 Å². The van der Waals surface area contributed by atoms with Crippen LogP contribution in [0.15, 0.2) is 18.2 Å². The number of nitrogens with one attached hydrogen (secondary N) is 1. The van der Waals surface area contributed by atoms with Crippen LogP contribution < -0.4 is 15.8 Å². The van der Waals surface area contributed by atoms with Crippen molar-refractivity contribution in [3.8, 4) is 5.75 Å². The molecule has 0 heterocycles. The fraction of sp³-hybridized carbons (Fsp3) is 0.625. The second kappa shape index (κ2) is 7.67. The molecule has 1 aliphatic carbocycles. The quantitative estimate of drug-likeness (QED) is 0.742. The lowest BCUT2D eigenvalue weighted by Crippen LogP contribution is -2.26. The molecule has 20 heavy (non-hydrogen) atoms. The average molecular weight is 294 g/mol. The highest BCUT2D eigenvalue weighted by atomic mass is 32.2. The summed E-state index contributed by atoms with van der Waals surface area (Å²) in [6, 6.07) is 6.60. The van der Waals surface area contributed by atoms with Crippen LogP contribution in [0.2, 0.25) is 0 Å². The first kappa shape index (κ1) is 15.4. The van der Waals surface area contributed by atoms with Crippen LogP contribution in [0.3, 0.4) is 0 Å². The highest BCUT2D eigenvalue weighted by molar-refractivity contribution is 7.99. The van der Waals surface area contributed by atoms with E-state index in [0.29, 0.717) is 12.6 Å². The Morgan fingerprint density at radius 1 is 1.35 bits per heavy atom. The number of anilines is 2. The molecule has 0 aliphatic heterocycles. The Labute approximate surface area is 126 Å². The van der Waals surface area contributed by atoms with Crippen LogP contribution in [0.4, 0.5) is 11.4 Å². The molecule has 112 valence electrons. The van der Waals surface area contributed by atoms with Gasteiger partial charge in [0.25, 0.3) is 0 Å². The molecule has 3 nitrogen and oxygen atoms in total. The SMILES string of the molecule is CCCOc1cc(NC2CCCC2SCC)ccc1N. The molecule has 1 aromatic carbocycles. The van der Waals surface area contributed by atoms with E-state index in [9.17, 15) is 0 Å². The Bertz CT molecular complexity index is 425. The Kier molecular flexibility index (Phi) is 5.89. The maximum absolute atomic E-state index is 5.96. The third-order valence-electron chi connectivity index (χ3n) is 3.66. The number of ether oxygens (including phenoxy) is 1. The smallest absolute Gasteiger partial charge is 0.144 e. The maximum atomic E-state index is 5.96. The van der Waals surface area contributed by atoms with Crippen LogP contribution in [0, 0.1) is 0 Å². The molecule has 0 saturated heterocycles. The summed E-state index contributed by atoms with van der Waals surface area (Å²) in [5.41, 5.74) is 7.80. The van der Waals surface area contributed by atoms with Gasteiger partial charge in [0.2, 0.25) is 0 Å². The Balaban J connectivity index is 2.01. The average Bonchev–Trinajstić information content (AvgIpc) is 2.87. The minimum absolute atomic E-state index is 0.572. The molecule has 0 aromatic heterocycles. The fourth-order valence-electron chi connectivity index (χ4n) is 2.68. The lowest BCUT2D eigenvalue weighted by Gasteiger charge is -2.22. The molecule has 0 amide bonds. The van der Waals surface area contributed by atoms with E-state index in [0.717, 1.165) is 28.8 Å². The summed E-state index contributed by atoms with van der Waals surface area (Å²) in [6.45, 7) is 5.05. The molecule has 2 rings (SSSR count). The van der Waals surface area contributed by atoms with E-state index in [1.54, 1.807) is 0 Å². The van der Waals surface area contributed by atoms with Gasteiger partial charge >= 0.3 is 0 Å². The number of rotatable bonds is 7. The Hall–Kier alpha value is -1.03. The fourth-order valence-corrected chi connectivity index (χ4v) is 3.88. The van der Waals surface area contributed by atoms with Crippen LogP contribution in [-0.4, -0.2) is 23.7 Å². The molecule has 1 aromatic rings. The van der Waals surface area contributed by atoms with E-state index in [4.69, 9.17) is 10.5 Å². The lowest BCUT2D eigenvalue weighted by atomic mass is 10.2. The van der Waals surface area contributed by atoms with Gasteiger partial charge in [-0.3, -0.25) is 0 Å². The monoisotopic (exact) mass is 294 g/mol. The minimum atomic E-state index is 0.572. The van der Waals surface area contributed by atoms with Gasteiger partial charge in [-0.2, -0.15) is 11.8 Å². The van der Waals surface area contributed by atoms with Crippen molar-refractivity contribution in [2.45, 2.75) is 50.8 Å². The van der Waals surface area contributed by atoms with Gasteiger partial charge < -0.3 is 15.8 Å². The van der Waals surface area contributed by atoms with Crippen molar-refractivity contribution >= 4 is 23.1 Å². The van der Waals surface area contributed by atoms with Gasteiger partial charge in [-0.05, 0) is 37.1 Å². The highest BCUT2D eigenvalue weighted by Crippen LogP contribution is 2.33. The van der Waals surface area contributed by atoms with E-state index in [1.807, 2.05) is 12.1 Å². The molecule has 3 N–H and O–H groups in total. The molecule has 1 saturated carbocycles. The van der Waals surface area contributed by atoms with Crippen molar-refractivity contribution in [2.75, 3.05) is 23.4 Å². The van der Waals surface area contributed by atoms with Gasteiger partial charge in [-0.15, -0.1) is 0 Å². The summed E-state index contributed by atoms with van der Waals surface area (Å²) in [5, 5.41) is 4.40. The molecule has 0 spiro atoms. The van der Waals surface area contributed by atoms with Crippen molar-refractivity contribution in [3.05, 3.63) is 18.2 Å². The van der Waals surface area contributed by atoms with Crippen LogP contribution >= 0.6 is 11.8 Å². The van der Waals surface area contributed by atoms with Crippen molar-refractivity contribution in [2.24, 2.45) is 0 Å². The van der Waals surface area contributed by atoms with Crippen LogP contribution in [0.25, 0.3) is 0 Å². The van der Waals surface area contributed by atoms with Crippen molar-refractivity contribution in [1.82, 2.24) is 0 Å². The summed E-state index contributed by atoms with van der Waals surface area (Å²) in [4.78, 5) is 0. The molecule has 2 atom stereocenters. The zero-order valence-corrected chi connectivity index (χ0v) is 13.3. The summed E-state index contributed by atoms with van der Waals surface area (Å²) in [6.07, 6.45) is 4.90. The second-order valence-corrected chi connectivity index (χ2v) is 6.79. The van der Waals surface area contributed by atoms with Gasteiger partial charge in [0, 0.05) is 23.0 Å². The van der Waals surface area contributed by atoms with Crippen molar-refractivity contribution in [3.63, 3.8) is 0 Å². The van der Waals surface area contributed by atoms with Gasteiger partial charge in [0.05, 0.1) is 12.3 Å². The largest absolute Gasteiger partial charge is 0.491 e. The molecule has 2 unspecified atom stereocenters. The van der Waals surface area contributed by atoms with Gasteiger partial charge in [-0.25, -0.2) is 0 Å². The predicted octanol–water partition coefficient (Wildman–Crippen LogP) is 4.14. The molecule has 0 bridgehead atoms. The summed E-state index contributed by atoms with van der Waals surface area (Å²) >= 11 is 2.07. The number of nitrogens with two attached hydrogens (primary N) is 1.